The van der Waals surface area contributed by atoms with Crippen LogP contribution in [0.25, 0.3) is 0 Å². The van der Waals surface area contributed by atoms with E-state index in [0.717, 1.165) is 31.7 Å². The monoisotopic (exact) mass is 338 g/mol. The first-order valence-corrected chi connectivity index (χ1v) is 9.19. The highest BCUT2D eigenvalue weighted by molar-refractivity contribution is 5.84. The summed E-state index contributed by atoms with van der Waals surface area (Å²) in [6, 6.07) is 12.5. The van der Waals surface area contributed by atoms with Crippen molar-refractivity contribution in [3.8, 4) is 0 Å². The summed E-state index contributed by atoms with van der Waals surface area (Å²) in [5.41, 5.74) is 2.17. The highest BCUT2D eigenvalue weighted by atomic mass is 16.2. The molecular formula is C20H26N4O. The number of hydrogen-bond donors (Lipinski definition) is 1. The van der Waals surface area contributed by atoms with Crippen LogP contribution >= 0.6 is 0 Å². The van der Waals surface area contributed by atoms with Crippen LogP contribution in [-0.2, 0) is 24.9 Å². The van der Waals surface area contributed by atoms with E-state index in [2.05, 4.69) is 45.6 Å². The molecular weight excluding hydrogens is 312 g/mol. The summed E-state index contributed by atoms with van der Waals surface area (Å²) in [6.07, 6.45) is 5.13. The second kappa shape index (κ2) is 6.64. The minimum Gasteiger partial charge on any atom is -0.350 e. The topological polar surface area (TPSA) is 50.2 Å². The third-order valence-corrected chi connectivity index (χ3v) is 6.00. The van der Waals surface area contributed by atoms with Crippen LogP contribution in [0.1, 0.15) is 30.5 Å². The largest absolute Gasteiger partial charge is 0.350 e. The number of likely N-dealkylation sites (tertiary alicyclic amines) is 1. The van der Waals surface area contributed by atoms with E-state index in [1.54, 1.807) is 6.20 Å². The Morgan fingerprint density at radius 3 is 2.92 bits per heavy atom. The lowest BCUT2D eigenvalue weighted by atomic mass is 9.80. The van der Waals surface area contributed by atoms with Crippen molar-refractivity contribution in [1.82, 2.24) is 20.0 Å². The Morgan fingerprint density at radius 2 is 2.16 bits per heavy atom. The van der Waals surface area contributed by atoms with Gasteiger partial charge in [0.2, 0.25) is 5.91 Å². The standard InChI is InChI=1S/C20H26N4O/c1-23-18(9-11-22-23)12-21-19(25)20-10-5-8-17(20)14-24(15-20)13-16-6-3-2-4-7-16/h2-4,6-7,9,11,17H,5,8,10,12-15H2,1H3,(H,21,25)/t17-,20-/m1/s1. The van der Waals surface area contributed by atoms with E-state index in [-0.39, 0.29) is 11.3 Å². The average Bonchev–Trinajstić information content (AvgIpc) is 3.28. The van der Waals surface area contributed by atoms with Gasteiger partial charge in [0.15, 0.2) is 0 Å². The molecule has 2 aliphatic rings. The molecule has 2 fully saturated rings. The number of hydrogen-bond acceptors (Lipinski definition) is 3. The number of aryl methyl sites for hydroxylation is 1. The lowest BCUT2D eigenvalue weighted by molar-refractivity contribution is -0.131. The number of rotatable bonds is 5. The van der Waals surface area contributed by atoms with Crippen molar-refractivity contribution < 1.29 is 4.79 Å². The quantitative estimate of drug-likeness (QED) is 0.910. The van der Waals surface area contributed by atoms with Gasteiger partial charge in [-0.05, 0) is 30.4 Å². The van der Waals surface area contributed by atoms with Gasteiger partial charge in [-0.3, -0.25) is 14.4 Å². The summed E-state index contributed by atoms with van der Waals surface area (Å²) in [5, 5.41) is 7.36. The highest BCUT2D eigenvalue weighted by Gasteiger charge is 2.54. The first kappa shape index (κ1) is 16.3. The number of carbonyl (C=O) groups is 1. The maximum absolute atomic E-state index is 13.1. The van der Waals surface area contributed by atoms with Gasteiger partial charge in [-0.2, -0.15) is 5.10 Å². The van der Waals surface area contributed by atoms with E-state index in [1.165, 1.54) is 18.4 Å². The zero-order valence-electron chi connectivity index (χ0n) is 14.8. The fourth-order valence-electron chi connectivity index (χ4n) is 4.65. The van der Waals surface area contributed by atoms with E-state index in [0.29, 0.717) is 12.5 Å². The molecule has 1 saturated carbocycles. The summed E-state index contributed by atoms with van der Waals surface area (Å²) in [6.45, 7) is 3.41. The summed E-state index contributed by atoms with van der Waals surface area (Å²) in [4.78, 5) is 15.5. The number of nitrogens with zero attached hydrogens (tertiary/aromatic N) is 3. The van der Waals surface area contributed by atoms with Gasteiger partial charge in [-0.1, -0.05) is 36.8 Å². The number of nitrogens with one attached hydrogen (secondary N) is 1. The molecule has 2 aromatic rings. The van der Waals surface area contributed by atoms with Crippen LogP contribution in [-0.4, -0.2) is 33.7 Å². The van der Waals surface area contributed by atoms with Gasteiger partial charge < -0.3 is 5.32 Å². The first-order valence-electron chi connectivity index (χ1n) is 9.19. The zero-order chi connectivity index (χ0) is 17.3. The molecule has 1 aliphatic heterocycles. The van der Waals surface area contributed by atoms with Crippen molar-refractivity contribution in [1.29, 1.82) is 0 Å². The Hall–Kier alpha value is -2.14. The number of benzene rings is 1. The Kier molecular flexibility index (Phi) is 4.34. The maximum atomic E-state index is 13.1. The van der Waals surface area contributed by atoms with Gasteiger partial charge in [0.25, 0.3) is 0 Å². The highest BCUT2D eigenvalue weighted by Crippen LogP contribution is 2.49. The molecule has 25 heavy (non-hydrogen) atoms. The number of aromatic nitrogens is 2. The van der Waals surface area contributed by atoms with E-state index < -0.39 is 0 Å². The molecule has 1 aromatic carbocycles. The molecule has 1 amide bonds. The van der Waals surface area contributed by atoms with E-state index in [9.17, 15) is 4.79 Å². The zero-order valence-corrected chi connectivity index (χ0v) is 14.8. The van der Waals surface area contributed by atoms with Crippen molar-refractivity contribution in [2.45, 2.75) is 32.4 Å². The Bertz CT molecular complexity index is 741. The molecule has 0 unspecified atom stereocenters. The van der Waals surface area contributed by atoms with Crippen LogP contribution in [0.5, 0.6) is 0 Å². The SMILES string of the molecule is Cn1nccc1CNC(=O)[C@@]12CCC[C@@H]1CN(Cc1ccccc1)C2. The maximum Gasteiger partial charge on any atom is 0.228 e. The Labute approximate surface area is 149 Å². The molecule has 2 atom stereocenters. The van der Waals surface area contributed by atoms with Crippen molar-refractivity contribution >= 4 is 5.91 Å². The van der Waals surface area contributed by atoms with Crippen LogP contribution in [0.2, 0.25) is 0 Å². The van der Waals surface area contributed by atoms with Gasteiger partial charge in [-0.25, -0.2) is 0 Å². The average molecular weight is 338 g/mol. The number of carbonyl (C=O) groups excluding carboxylic acids is 1. The smallest absolute Gasteiger partial charge is 0.228 e. The van der Waals surface area contributed by atoms with Gasteiger partial charge in [0, 0.05) is 32.9 Å². The predicted octanol–water partition coefficient (Wildman–Crippen LogP) is 2.34. The summed E-state index contributed by atoms with van der Waals surface area (Å²) >= 11 is 0. The van der Waals surface area contributed by atoms with Crippen molar-refractivity contribution in [2.24, 2.45) is 18.4 Å². The lowest BCUT2D eigenvalue weighted by Crippen LogP contribution is -2.44. The molecule has 2 heterocycles. The molecule has 1 aliphatic carbocycles. The molecule has 1 saturated heterocycles. The van der Waals surface area contributed by atoms with E-state index in [4.69, 9.17) is 0 Å². The molecule has 1 N–H and O–H groups in total. The first-order chi connectivity index (χ1) is 12.2. The summed E-state index contributed by atoms with van der Waals surface area (Å²) in [5.74, 6) is 0.717. The molecule has 0 radical (unpaired) electrons. The molecule has 5 nitrogen and oxygen atoms in total. The molecule has 0 spiro atoms. The lowest BCUT2D eigenvalue weighted by Gasteiger charge is -2.27. The third-order valence-electron chi connectivity index (χ3n) is 6.00. The van der Waals surface area contributed by atoms with Crippen LogP contribution in [0.4, 0.5) is 0 Å². The van der Waals surface area contributed by atoms with E-state index in [1.807, 2.05) is 17.8 Å². The Balaban J connectivity index is 1.43. The molecule has 5 heteroatoms. The second-order valence-electron chi connectivity index (χ2n) is 7.53. The fraction of sp³-hybridized carbons (Fsp3) is 0.500. The van der Waals surface area contributed by atoms with Crippen LogP contribution in [0.15, 0.2) is 42.6 Å². The van der Waals surface area contributed by atoms with Crippen LogP contribution in [0, 0.1) is 11.3 Å². The van der Waals surface area contributed by atoms with Crippen molar-refractivity contribution in [3.05, 3.63) is 53.9 Å². The normalized spacial score (nSPS) is 25.9. The van der Waals surface area contributed by atoms with Crippen LogP contribution < -0.4 is 5.32 Å². The van der Waals surface area contributed by atoms with Gasteiger partial charge in [0.1, 0.15) is 0 Å². The van der Waals surface area contributed by atoms with Gasteiger partial charge >= 0.3 is 0 Å². The Morgan fingerprint density at radius 1 is 1.32 bits per heavy atom. The van der Waals surface area contributed by atoms with Gasteiger partial charge in [-0.15, -0.1) is 0 Å². The molecule has 4 rings (SSSR count). The van der Waals surface area contributed by atoms with Gasteiger partial charge in [0.05, 0.1) is 17.7 Å². The van der Waals surface area contributed by atoms with E-state index >= 15 is 0 Å². The minimum absolute atomic E-state index is 0.201. The molecule has 1 aromatic heterocycles. The molecule has 132 valence electrons. The van der Waals surface area contributed by atoms with Crippen LogP contribution in [0.3, 0.4) is 0 Å². The number of fused-ring (bicyclic) bond motifs is 1. The second-order valence-corrected chi connectivity index (χ2v) is 7.53. The summed E-state index contributed by atoms with van der Waals surface area (Å²) < 4.78 is 1.82. The predicted molar refractivity (Wildman–Crippen MR) is 96.5 cm³/mol. The number of amides is 1. The third kappa shape index (κ3) is 3.09. The molecule has 0 bridgehead atoms. The van der Waals surface area contributed by atoms with Crippen molar-refractivity contribution in [2.75, 3.05) is 13.1 Å². The fourth-order valence-corrected chi connectivity index (χ4v) is 4.65. The summed E-state index contributed by atoms with van der Waals surface area (Å²) in [7, 11) is 1.91. The van der Waals surface area contributed by atoms with Crippen molar-refractivity contribution in [3.63, 3.8) is 0 Å². The minimum atomic E-state index is -0.201.